The van der Waals surface area contributed by atoms with Crippen LogP contribution in [0.2, 0.25) is 5.02 Å². The molecule has 1 N–H and O–H groups in total. The lowest BCUT2D eigenvalue weighted by molar-refractivity contribution is -0.144. The van der Waals surface area contributed by atoms with E-state index in [1.54, 1.807) is 44.2 Å². The third-order valence-corrected chi connectivity index (χ3v) is 6.08. The highest BCUT2D eigenvalue weighted by Gasteiger charge is 2.32. The summed E-state index contributed by atoms with van der Waals surface area (Å²) in [4.78, 5) is 26.9. The summed E-state index contributed by atoms with van der Waals surface area (Å²) < 4.78 is 5.42. The number of aliphatic carboxylic acids is 1. The highest BCUT2D eigenvalue weighted by atomic mass is 35.5. The molecule has 1 atom stereocenters. The number of hydrogen-bond donors (Lipinski definition) is 1. The Morgan fingerprint density at radius 1 is 1.37 bits per heavy atom. The largest absolute Gasteiger partial charge is 0.480 e. The number of carboxylic acids is 1. The van der Waals surface area contributed by atoms with Gasteiger partial charge in [0.15, 0.2) is 5.06 Å². The number of carbonyl (C=O) groups excluding carboxylic acids is 1. The second kappa shape index (κ2) is 8.25. The average Bonchev–Trinajstić information content (AvgIpc) is 3.04. The SMILES string of the molecule is CC=C(C)C(=O)Oc1cc2c(s1)CCN(C(C(=O)O)c1ccccc1Cl)C2. The molecule has 1 aliphatic heterocycles. The first-order chi connectivity index (χ1) is 12.9. The minimum atomic E-state index is -0.933. The number of thiophene rings is 1. The number of allylic oxidation sites excluding steroid dienone is 1. The van der Waals surface area contributed by atoms with Crippen molar-refractivity contribution in [2.24, 2.45) is 0 Å². The molecule has 0 saturated carbocycles. The van der Waals surface area contributed by atoms with Crippen LogP contribution >= 0.6 is 22.9 Å². The van der Waals surface area contributed by atoms with Crippen LogP contribution in [0.4, 0.5) is 0 Å². The predicted molar refractivity (Wildman–Crippen MR) is 105 cm³/mol. The van der Waals surface area contributed by atoms with Gasteiger partial charge in [-0.05, 0) is 43.5 Å². The van der Waals surface area contributed by atoms with E-state index in [4.69, 9.17) is 16.3 Å². The average molecular weight is 406 g/mol. The lowest BCUT2D eigenvalue weighted by Gasteiger charge is -2.32. The normalized spacial score (nSPS) is 15.9. The molecule has 0 fully saturated rings. The monoisotopic (exact) mass is 405 g/mol. The number of hydrogen-bond acceptors (Lipinski definition) is 5. The summed E-state index contributed by atoms with van der Waals surface area (Å²) in [7, 11) is 0. The molecule has 0 bridgehead atoms. The Kier molecular flexibility index (Phi) is 5.99. The minimum Gasteiger partial charge on any atom is -0.480 e. The molecule has 1 aromatic carbocycles. The molecular formula is C20H20ClNO4S. The zero-order chi connectivity index (χ0) is 19.6. The van der Waals surface area contributed by atoms with Crippen molar-refractivity contribution in [3.8, 4) is 5.06 Å². The predicted octanol–water partition coefficient (Wildman–Crippen LogP) is 4.46. The van der Waals surface area contributed by atoms with Gasteiger partial charge in [0.1, 0.15) is 6.04 Å². The maximum atomic E-state index is 12.0. The van der Waals surface area contributed by atoms with Crippen molar-refractivity contribution in [3.63, 3.8) is 0 Å². The van der Waals surface area contributed by atoms with Crippen molar-refractivity contribution in [2.45, 2.75) is 32.9 Å². The molecule has 0 radical (unpaired) electrons. The molecule has 1 aromatic heterocycles. The van der Waals surface area contributed by atoms with Crippen molar-refractivity contribution in [2.75, 3.05) is 6.54 Å². The van der Waals surface area contributed by atoms with E-state index in [9.17, 15) is 14.7 Å². The molecule has 142 valence electrons. The molecule has 27 heavy (non-hydrogen) atoms. The molecule has 7 heteroatoms. The summed E-state index contributed by atoms with van der Waals surface area (Å²) in [6.45, 7) is 4.55. The third kappa shape index (κ3) is 4.24. The van der Waals surface area contributed by atoms with E-state index in [1.165, 1.54) is 11.3 Å². The highest BCUT2D eigenvalue weighted by molar-refractivity contribution is 7.14. The Labute approximate surface area is 166 Å². The Balaban J connectivity index is 1.82. The smallest absolute Gasteiger partial charge is 0.339 e. The Bertz CT molecular complexity index is 905. The maximum absolute atomic E-state index is 12.0. The molecule has 0 spiro atoms. The number of nitrogens with zero attached hydrogens (tertiary/aromatic N) is 1. The van der Waals surface area contributed by atoms with Crippen LogP contribution in [0.3, 0.4) is 0 Å². The molecule has 0 aliphatic carbocycles. The van der Waals surface area contributed by atoms with Crippen LogP contribution in [-0.2, 0) is 22.6 Å². The third-order valence-electron chi connectivity index (χ3n) is 4.62. The van der Waals surface area contributed by atoms with Gasteiger partial charge in [-0.3, -0.25) is 9.69 Å². The molecule has 2 heterocycles. The first kappa shape index (κ1) is 19.6. The molecule has 1 unspecified atom stereocenters. The Morgan fingerprint density at radius 2 is 2.11 bits per heavy atom. The van der Waals surface area contributed by atoms with Crippen LogP contribution < -0.4 is 4.74 Å². The molecule has 2 aromatic rings. The zero-order valence-corrected chi connectivity index (χ0v) is 16.6. The molecule has 0 amide bonds. The number of fused-ring (bicyclic) bond motifs is 1. The first-order valence-corrected chi connectivity index (χ1v) is 9.78. The second-order valence-electron chi connectivity index (χ2n) is 6.36. The van der Waals surface area contributed by atoms with Gasteiger partial charge >= 0.3 is 11.9 Å². The van der Waals surface area contributed by atoms with E-state index >= 15 is 0 Å². The van der Waals surface area contributed by atoms with Gasteiger partial charge in [-0.25, -0.2) is 4.79 Å². The van der Waals surface area contributed by atoms with Crippen molar-refractivity contribution < 1.29 is 19.4 Å². The van der Waals surface area contributed by atoms with Gasteiger partial charge in [0, 0.05) is 28.6 Å². The Hall–Kier alpha value is -2.15. The zero-order valence-electron chi connectivity index (χ0n) is 15.1. The fraction of sp³-hybridized carbons (Fsp3) is 0.300. The summed E-state index contributed by atoms with van der Waals surface area (Å²) >= 11 is 7.68. The summed E-state index contributed by atoms with van der Waals surface area (Å²) in [6.07, 6.45) is 2.41. The van der Waals surface area contributed by atoms with Crippen molar-refractivity contribution in [1.82, 2.24) is 4.90 Å². The van der Waals surface area contributed by atoms with E-state index in [-0.39, 0.29) is 5.97 Å². The van der Waals surface area contributed by atoms with E-state index in [2.05, 4.69) is 0 Å². The molecule has 5 nitrogen and oxygen atoms in total. The molecule has 1 aliphatic rings. The first-order valence-electron chi connectivity index (χ1n) is 8.58. The van der Waals surface area contributed by atoms with Gasteiger partial charge in [-0.1, -0.05) is 35.9 Å². The van der Waals surface area contributed by atoms with Crippen LogP contribution in [0.25, 0.3) is 0 Å². The molecular weight excluding hydrogens is 386 g/mol. The number of carbonyl (C=O) groups is 2. The number of esters is 1. The lowest BCUT2D eigenvalue weighted by Crippen LogP contribution is -2.37. The van der Waals surface area contributed by atoms with Crippen molar-refractivity contribution in [3.05, 3.63) is 63.0 Å². The number of carboxylic acid groups (broad SMARTS) is 1. The van der Waals surface area contributed by atoms with E-state index < -0.39 is 12.0 Å². The summed E-state index contributed by atoms with van der Waals surface area (Å²) in [6, 6.07) is 8.04. The van der Waals surface area contributed by atoms with Crippen molar-refractivity contribution in [1.29, 1.82) is 0 Å². The number of rotatable bonds is 5. The quantitative estimate of drug-likeness (QED) is 0.587. The van der Waals surface area contributed by atoms with Crippen LogP contribution in [0.5, 0.6) is 5.06 Å². The van der Waals surface area contributed by atoms with E-state index in [0.29, 0.717) is 40.7 Å². The standard InChI is InChI=1S/C20H20ClNO4S/c1-3-12(2)20(25)26-17-10-13-11-22(9-8-16(13)27-17)18(19(23)24)14-6-4-5-7-15(14)21/h3-7,10,18H,8-9,11H2,1-2H3,(H,23,24). The maximum Gasteiger partial charge on any atom is 0.339 e. The summed E-state index contributed by atoms with van der Waals surface area (Å²) in [5, 5.41) is 10.8. The Morgan fingerprint density at radius 3 is 2.78 bits per heavy atom. The van der Waals surface area contributed by atoms with Gasteiger partial charge in [-0.2, -0.15) is 0 Å². The molecule has 3 rings (SSSR count). The van der Waals surface area contributed by atoms with Gasteiger partial charge < -0.3 is 9.84 Å². The number of halogens is 1. The van der Waals surface area contributed by atoms with Crippen LogP contribution in [-0.4, -0.2) is 28.5 Å². The summed E-state index contributed by atoms with van der Waals surface area (Å²) in [5.74, 6) is -1.30. The van der Waals surface area contributed by atoms with Gasteiger partial charge in [0.2, 0.25) is 0 Å². The number of benzene rings is 1. The van der Waals surface area contributed by atoms with Gasteiger partial charge in [-0.15, -0.1) is 11.3 Å². The van der Waals surface area contributed by atoms with E-state index in [0.717, 1.165) is 10.4 Å². The molecule has 0 saturated heterocycles. The number of ether oxygens (including phenoxy) is 1. The fourth-order valence-corrected chi connectivity index (χ4v) is 4.32. The fourth-order valence-electron chi connectivity index (χ4n) is 3.07. The van der Waals surface area contributed by atoms with Crippen LogP contribution in [0.1, 0.15) is 35.9 Å². The van der Waals surface area contributed by atoms with Crippen LogP contribution in [0, 0.1) is 0 Å². The second-order valence-corrected chi connectivity index (χ2v) is 7.86. The van der Waals surface area contributed by atoms with Crippen LogP contribution in [0.15, 0.2) is 42.0 Å². The highest BCUT2D eigenvalue weighted by Crippen LogP contribution is 2.37. The minimum absolute atomic E-state index is 0.368. The van der Waals surface area contributed by atoms with E-state index in [1.807, 2.05) is 11.0 Å². The summed E-state index contributed by atoms with van der Waals surface area (Å²) in [5.41, 5.74) is 2.12. The van der Waals surface area contributed by atoms with Gasteiger partial charge in [0.05, 0.1) is 0 Å². The topological polar surface area (TPSA) is 66.8 Å². The van der Waals surface area contributed by atoms with Crippen molar-refractivity contribution >= 4 is 34.9 Å². The van der Waals surface area contributed by atoms with Gasteiger partial charge in [0.25, 0.3) is 0 Å². The lowest BCUT2D eigenvalue weighted by atomic mass is 10.0.